The third kappa shape index (κ3) is 11.0. The van der Waals surface area contributed by atoms with Gasteiger partial charge >= 0.3 is 36.1 Å². The number of aliphatic carboxylic acids is 2. The molecule has 4 N–H and O–H groups in total. The van der Waals surface area contributed by atoms with E-state index < -0.39 is 66.3 Å². The number of alkyl carbamates (subject to hydrolysis) is 2. The highest BCUT2D eigenvalue weighted by Crippen LogP contribution is 2.45. The van der Waals surface area contributed by atoms with Gasteiger partial charge in [-0.2, -0.15) is 0 Å². The van der Waals surface area contributed by atoms with Crippen molar-refractivity contribution in [3.63, 3.8) is 0 Å². The molecule has 0 saturated carbocycles. The zero-order chi connectivity index (χ0) is 45.2. The lowest BCUT2D eigenvalue weighted by atomic mass is 9.98. The summed E-state index contributed by atoms with van der Waals surface area (Å²) in [6.07, 6.45) is -4.09. The van der Waals surface area contributed by atoms with Gasteiger partial charge in [0.25, 0.3) is 0 Å². The molecule has 4 atom stereocenters. The predicted molar refractivity (Wildman–Crippen MR) is 229 cm³/mol. The maximum Gasteiger partial charge on any atom is 0.407 e. The summed E-state index contributed by atoms with van der Waals surface area (Å²) in [6.45, 7) is 11.7. The molecule has 6 rings (SSSR count). The zero-order valence-electron chi connectivity index (χ0n) is 35.8. The van der Waals surface area contributed by atoms with Crippen LogP contribution in [0.5, 0.6) is 0 Å². The second kappa shape index (κ2) is 20.7. The Morgan fingerprint density at radius 2 is 0.806 bits per heavy atom. The van der Waals surface area contributed by atoms with Crippen molar-refractivity contribution >= 4 is 36.1 Å². The van der Waals surface area contributed by atoms with Crippen LogP contribution in [-0.4, -0.2) is 83.8 Å². The van der Waals surface area contributed by atoms with E-state index in [4.69, 9.17) is 24.1 Å². The number of rotatable bonds is 15. The lowest BCUT2D eigenvalue weighted by Gasteiger charge is -2.24. The lowest BCUT2D eigenvalue weighted by Crippen LogP contribution is -2.48. The molecule has 0 spiro atoms. The molecule has 4 aromatic rings. The molecule has 328 valence electrons. The molecule has 2 aliphatic carbocycles. The molecule has 14 nitrogen and oxygen atoms in total. The van der Waals surface area contributed by atoms with Crippen LogP contribution < -0.4 is 10.6 Å². The van der Waals surface area contributed by atoms with Gasteiger partial charge < -0.3 is 39.8 Å². The third-order valence-electron chi connectivity index (χ3n) is 10.8. The van der Waals surface area contributed by atoms with Crippen LogP contribution in [0.4, 0.5) is 9.59 Å². The van der Waals surface area contributed by atoms with E-state index in [1.807, 2.05) is 97.1 Å². The van der Waals surface area contributed by atoms with Crippen LogP contribution in [0.3, 0.4) is 0 Å². The Morgan fingerprint density at radius 3 is 1.10 bits per heavy atom. The van der Waals surface area contributed by atoms with E-state index in [-0.39, 0.29) is 36.9 Å². The average Bonchev–Trinajstić information content (AvgIpc) is 3.74. The van der Waals surface area contributed by atoms with Crippen LogP contribution in [0, 0.1) is 17.8 Å². The van der Waals surface area contributed by atoms with E-state index in [1.54, 1.807) is 41.5 Å². The highest BCUT2D eigenvalue weighted by molar-refractivity contribution is 5.86. The monoisotopic (exact) mass is 850 g/mol. The molecule has 2 aliphatic rings. The van der Waals surface area contributed by atoms with Gasteiger partial charge in [0.1, 0.15) is 25.3 Å². The minimum absolute atomic E-state index is 0.0976. The molecule has 0 saturated heterocycles. The third-order valence-corrected chi connectivity index (χ3v) is 10.8. The number of hydrogen-bond donors (Lipinski definition) is 4. The van der Waals surface area contributed by atoms with Crippen molar-refractivity contribution in [3.05, 3.63) is 119 Å². The topological polar surface area (TPSA) is 204 Å². The Morgan fingerprint density at radius 1 is 0.484 bits per heavy atom. The van der Waals surface area contributed by atoms with Crippen molar-refractivity contribution in [3.8, 4) is 22.3 Å². The fourth-order valence-electron chi connectivity index (χ4n) is 7.50. The van der Waals surface area contributed by atoms with Crippen LogP contribution in [0.2, 0.25) is 0 Å². The first kappa shape index (κ1) is 46.4. The van der Waals surface area contributed by atoms with Gasteiger partial charge in [0, 0.05) is 17.8 Å². The van der Waals surface area contributed by atoms with Gasteiger partial charge in [-0.05, 0) is 63.3 Å². The maximum absolute atomic E-state index is 12.6. The van der Waals surface area contributed by atoms with E-state index in [0.717, 1.165) is 44.5 Å². The molecule has 2 amide bonds. The molecule has 62 heavy (non-hydrogen) atoms. The fourth-order valence-corrected chi connectivity index (χ4v) is 7.50. The van der Waals surface area contributed by atoms with Crippen molar-refractivity contribution in [2.75, 3.05) is 13.2 Å². The van der Waals surface area contributed by atoms with Crippen LogP contribution in [0.1, 0.15) is 82.6 Å². The van der Waals surface area contributed by atoms with E-state index in [0.29, 0.717) is 0 Å². The summed E-state index contributed by atoms with van der Waals surface area (Å²) in [6, 6.07) is 29.9. The van der Waals surface area contributed by atoms with Crippen LogP contribution in [-0.2, 0) is 38.1 Å². The molecule has 0 aliphatic heterocycles. The minimum atomic E-state index is -1.30. The van der Waals surface area contributed by atoms with Gasteiger partial charge in [0.2, 0.25) is 6.10 Å². The number of amides is 2. The zero-order valence-corrected chi connectivity index (χ0v) is 35.8. The van der Waals surface area contributed by atoms with E-state index >= 15 is 0 Å². The number of hydrogen-bond acceptors (Lipinski definition) is 10. The summed E-state index contributed by atoms with van der Waals surface area (Å²) in [5.41, 5.74) is 8.82. The second-order valence-electron chi connectivity index (χ2n) is 16.2. The van der Waals surface area contributed by atoms with Gasteiger partial charge in [0.05, 0.1) is 0 Å². The van der Waals surface area contributed by atoms with Crippen LogP contribution in [0.25, 0.3) is 22.3 Å². The Labute approximate surface area is 360 Å². The summed E-state index contributed by atoms with van der Waals surface area (Å²) < 4.78 is 21.0. The summed E-state index contributed by atoms with van der Waals surface area (Å²) in [7, 11) is 0. The fraction of sp³-hybridized carbons (Fsp3) is 0.375. The number of carboxylic acid groups (broad SMARTS) is 2. The first-order chi connectivity index (χ1) is 29.5. The molecule has 0 radical (unpaired) electrons. The number of ether oxygens (including phenoxy) is 4. The molecule has 0 fully saturated rings. The molecule has 14 heteroatoms. The first-order valence-electron chi connectivity index (χ1n) is 20.6. The van der Waals surface area contributed by atoms with Gasteiger partial charge in [-0.1, -0.05) is 139 Å². The van der Waals surface area contributed by atoms with Crippen LogP contribution in [0.15, 0.2) is 97.1 Å². The van der Waals surface area contributed by atoms with Gasteiger partial charge in [0.15, 0.2) is 6.10 Å². The Kier molecular flexibility index (Phi) is 15.5. The first-order valence-corrected chi connectivity index (χ1v) is 20.6. The number of esters is 2. The molecule has 0 unspecified atom stereocenters. The summed E-state index contributed by atoms with van der Waals surface area (Å²) in [5, 5.41) is 23.2. The largest absolute Gasteiger partial charge is 0.479 e. The quantitative estimate of drug-likeness (QED) is 0.0669. The normalized spacial score (nSPS) is 14.4. The number of carbonyl (C=O) groups is 6. The molecule has 4 aromatic carbocycles. The minimum Gasteiger partial charge on any atom is -0.479 e. The van der Waals surface area contributed by atoms with Crippen LogP contribution >= 0.6 is 0 Å². The lowest BCUT2D eigenvalue weighted by molar-refractivity contribution is -0.169. The van der Waals surface area contributed by atoms with Crippen molar-refractivity contribution in [1.82, 2.24) is 10.6 Å². The van der Waals surface area contributed by atoms with Crippen molar-refractivity contribution in [2.45, 2.75) is 84.6 Å². The molecular formula is C48H54N2O12. The van der Waals surface area contributed by atoms with Crippen molar-refractivity contribution in [2.24, 2.45) is 17.8 Å². The number of nitrogens with one attached hydrogen (secondary N) is 2. The Bertz CT molecular complexity index is 2180. The number of fused-ring (bicyclic) bond motifs is 6. The summed E-state index contributed by atoms with van der Waals surface area (Å²) >= 11 is 0. The van der Waals surface area contributed by atoms with E-state index in [2.05, 4.69) is 10.6 Å². The van der Waals surface area contributed by atoms with Gasteiger partial charge in [-0.25, -0.2) is 28.8 Å². The van der Waals surface area contributed by atoms with Crippen molar-refractivity contribution in [1.29, 1.82) is 0 Å². The second-order valence-corrected chi connectivity index (χ2v) is 16.2. The number of carbonyl (C=O) groups excluding carboxylic acids is 4. The predicted octanol–water partition coefficient (Wildman–Crippen LogP) is 7.77. The summed E-state index contributed by atoms with van der Waals surface area (Å²) in [5.74, 6) is -5.32. The van der Waals surface area contributed by atoms with Gasteiger partial charge in [-0.3, -0.25) is 0 Å². The van der Waals surface area contributed by atoms with E-state index in [9.17, 15) is 33.9 Å². The molecule has 0 aromatic heterocycles. The van der Waals surface area contributed by atoms with Gasteiger partial charge in [-0.15, -0.1) is 0 Å². The highest BCUT2D eigenvalue weighted by Gasteiger charge is 2.35. The molecule has 0 heterocycles. The average molecular weight is 851 g/mol. The number of benzene rings is 4. The SMILES string of the molecule is CC(C)[C@@H](NC(=O)OCC1c2ccccc2-c2ccccc21)C(=O)O[C@@H](C)C(=O)O.CC(C)[C@H](NC(=O)OCC1c2ccccc2-c2ccccc21)C(=O)O[C@@H](C(=O)O)C(C)C. The smallest absolute Gasteiger partial charge is 0.407 e. The standard InChI is InChI=1S/C25H29NO6.C23H25NO6/c1-14(2)21(24(29)32-22(15(3)4)23(27)28)26-25(30)31-13-20-18-11-7-5-9-16(18)17-10-6-8-12-19(17)20;1-13(2)20(22(27)30-14(3)21(25)26)24-23(28)29-12-19-17-10-6-4-8-15(17)16-9-5-7-11-18(16)19/h5-12,14-15,20-22H,13H2,1-4H3,(H,26,30)(H,27,28);4-11,13-14,19-20H,12H2,1-3H3,(H,24,28)(H,25,26)/t21-,22+;14-,20+/m00/s1. The number of carboxylic acids is 2. The molecular weight excluding hydrogens is 797 g/mol. The Hall–Kier alpha value is -6.70. The molecule has 0 bridgehead atoms. The van der Waals surface area contributed by atoms with E-state index in [1.165, 1.54) is 6.92 Å². The highest BCUT2D eigenvalue weighted by atomic mass is 16.6. The summed E-state index contributed by atoms with van der Waals surface area (Å²) in [4.78, 5) is 72.0. The maximum atomic E-state index is 12.6. The van der Waals surface area contributed by atoms with Crippen molar-refractivity contribution < 1.29 is 57.9 Å². The Balaban J connectivity index is 0.000000235.